The van der Waals surface area contributed by atoms with Crippen molar-refractivity contribution in [2.75, 3.05) is 0 Å². The second-order valence-corrected chi connectivity index (χ2v) is 4.52. The third-order valence-electron chi connectivity index (χ3n) is 1.66. The summed E-state index contributed by atoms with van der Waals surface area (Å²) in [7, 11) is 3.46. The number of benzene rings is 1. The molecule has 0 fully saturated rings. The smallest absolute Gasteiger partial charge is 0.177 e. The van der Waals surface area contributed by atoms with Crippen molar-refractivity contribution in [3.63, 3.8) is 0 Å². The highest BCUT2D eigenvalue weighted by atomic mass is 33.1. The fourth-order valence-corrected chi connectivity index (χ4v) is 3.14. The Labute approximate surface area is 71.2 Å². The second kappa shape index (κ2) is 1.95. The number of nitrogens with one attached hydrogen (secondary N) is 1. The van der Waals surface area contributed by atoms with E-state index < -0.39 is 0 Å². The van der Waals surface area contributed by atoms with Gasteiger partial charge in [0.2, 0.25) is 0 Å². The van der Waals surface area contributed by atoms with Crippen LogP contribution in [0.4, 0.5) is 0 Å². The number of nitrogens with zero attached hydrogens (tertiary/aromatic N) is 1. The van der Waals surface area contributed by atoms with Gasteiger partial charge in [0.25, 0.3) is 0 Å². The van der Waals surface area contributed by atoms with Crippen LogP contribution < -0.4 is 0 Å². The number of hydrogen-bond acceptors (Lipinski definition) is 3. The number of aromatic nitrogens is 2. The van der Waals surface area contributed by atoms with Gasteiger partial charge in [-0.05, 0) is 33.7 Å². The maximum atomic E-state index is 4.39. The molecule has 1 aliphatic rings. The van der Waals surface area contributed by atoms with Gasteiger partial charge < -0.3 is 4.98 Å². The Hall–Kier alpha value is -0.610. The van der Waals surface area contributed by atoms with E-state index in [1.807, 2.05) is 0 Å². The first-order valence-electron chi connectivity index (χ1n) is 3.27. The maximum Gasteiger partial charge on any atom is 0.177 e. The summed E-state index contributed by atoms with van der Waals surface area (Å²) in [6.45, 7) is 0. The molecule has 4 heteroatoms. The lowest BCUT2D eigenvalue weighted by atomic mass is 10.3. The Morgan fingerprint density at radius 1 is 1.27 bits per heavy atom. The van der Waals surface area contributed by atoms with E-state index in [4.69, 9.17) is 0 Å². The first-order chi connectivity index (χ1) is 5.43. The van der Waals surface area contributed by atoms with Gasteiger partial charge in [-0.25, -0.2) is 4.98 Å². The number of fused-ring (bicyclic) bond motifs is 1. The standard InChI is InChI=1S/C7H4N2S2/c1-2-4-6-5(3-1)10-11-7(8-4)9-6/h1-3H,(H,8,9). The fraction of sp³-hybridized carbons (Fsp3) is 0. The van der Waals surface area contributed by atoms with Crippen LogP contribution in [0.15, 0.2) is 28.3 Å². The lowest BCUT2D eigenvalue weighted by Crippen LogP contribution is -1.77. The molecule has 2 aromatic rings. The Balaban J connectivity index is 2.61. The Morgan fingerprint density at radius 2 is 2.27 bits per heavy atom. The summed E-state index contributed by atoms with van der Waals surface area (Å²) < 4.78 is 0. The van der Waals surface area contributed by atoms with Gasteiger partial charge in [-0.2, -0.15) is 0 Å². The molecule has 0 atom stereocenters. The molecule has 1 aliphatic heterocycles. The zero-order valence-electron chi connectivity index (χ0n) is 5.50. The normalized spacial score (nSPS) is 14.5. The van der Waals surface area contributed by atoms with Crippen molar-refractivity contribution in [1.82, 2.24) is 9.97 Å². The highest BCUT2D eigenvalue weighted by molar-refractivity contribution is 8.76. The van der Waals surface area contributed by atoms with Crippen molar-refractivity contribution in [3.05, 3.63) is 18.2 Å². The number of para-hydroxylation sites is 1. The SMILES string of the molecule is c1cc2c3nc([nH]c3c1)SS2. The van der Waals surface area contributed by atoms with Crippen LogP contribution in [-0.4, -0.2) is 9.97 Å². The van der Waals surface area contributed by atoms with E-state index in [2.05, 4.69) is 28.2 Å². The largest absolute Gasteiger partial charge is 0.332 e. The molecule has 2 nitrogen and oxygen atoms in total. The summed E-state index contributed by atoms with van der Waals surface area (Å²) in [5.41, 5.74) is 2.27. The molecular weight excluding hydrogens is 176 g/mol. The molecule has 2 heterocycles. The predicted molar refractivity (Wildman–Crippen MR) is 47.8 cm³/mol. The quantitative estimate of drug-likeness (QED) is 0.632. The lowest BCUT2D eigenvalue weighted by molar-refractivity contribution is 1.08. The van der Waals surface area contributed by atoms with Gasteiger partial charge in [-0.3, -0.25) is 0 Å². The average molecular weight is 180 g/mol. The fourth-order valence-electron chi connectivity index (χ4n) is 1.17. The number of rotatable bonds is 0. The molecule has 2 bridgehead atoms. The Bertz CT molecular complexity index is 421. The van der Waals surface area contributed by atoms with Crippen LogP contribution >= 0.6 is 21.6 Å². The molecule has 1 aromatic heterocycles. The summed E-state index contributed by atoms with van der Waals surface area (Å²) in [5.74, 6) is 0. The van der Waals surface area contributed by atoms with Gasteiger partial charge in [0.05, 0.1) is 5.52 Å². The van der Waals surface area contributed by atoms with E-state index in [1.165, 1.54) is 4.90 Å². The molecule has 0 spiro atoms. The minimum atomic E-state index is 1.02. The summed E-state index contributed by atoms with van der Waals surface area (Å²) in [5, 5.41) is 1.02. The van der Waals surface area contributed by atoms with Crippen LogP contribution in [0.5, 0.6) is 0 Å². The van der Waals surface area contributed by atoms with E-state index in [1.54, 1.807) is 21.6 Å². The molecular formula is C7H4N2S2. The van der Waals surface area contributed by atoms with Crippen LogP contribution in [0.25, 0.3) is 11.0 Å². The van der Waals surface area contributed by atoms with Crippen molar-refractivity contribution in [2.24, 2.45) is 0 Å². The van der Waals surface area contributed by atoms with Crippen LogP contribution in [0.2, 0.25) is 0 Å². The first kappa shape index (κ1) is 5.97. The van der Waals surface area contributed by atoms with Crippen LogP contribution in [0, 0.1) is 0 Å². The predicted octanol–water partition coefficient (Wildman–Crippen LogP) is 2.68. The van der Waals surface area contributed by atoms with Crippen LogP contribution in [0.1, 0.15) is 0 Å². The zero-order chi connectivity index (χ0) is 7.26. The Morgan fingerprint density at radius 3 is 3.27 bits per heavy atom. The first-order valence-corrected chi connectivity index (χ1v) is 5.42. The van der Waals surface area contributed by atoms with Gasteiger partial charge in [0.1, 0.15) is 5.52 Å². The van der Waals surface area contributed by atoms with E-state index in [9.17, 15) is 0 Å². The van der Waals surface area contributed by atoms with Crippen molar-refractivity contribution in [1.29, 1.82) is 0 Å². The molecule has 0 aliphatic carbocycles. The molecule has 0 unspecified atom stereocenters. The topological polar surface area (TPSA) is 28.7 Å². The molecule has 3 rings (SSSR count). The van der Waals surface area contributed by atoms with Gasteiger partial charge in [-0.15, -0.1) is 0 Å². The van der Waals surface area contributed by atoms with Gasteiger partial charge in [0, 0.05) is 4.90 Å². The minimum Gasteiger partial charge on any atom is -0.332 e. The monoisotopic (exact) mass is 180 g/mol. The Kier molecular flexibility index (Phi) is 1.06. The molecule has 0 saturated heterocycles. The van der Waals surface area contributed by atoms with Crippen LogP contribution in [-0.2, 0) is 0 Å². The van der Waals surface area contributed by atoms with Crippen molar-refractivity contribution >= 4 is 32.6 Å². The number of H-pyrrole nitrogens is 1. The van der Waals surface area contributed by atoms with Crippen molar-refractivity contribution in [3.8, 4) is 0 Å². The highest BCUT2D eigenvalue weighted by Gasteiger charge is 2.14. The molecule has 1 N–H and O–H groups in total. The number of aromatic amines is 1. The van der Waals surface area contributed by atoms with Crippen LogP contribution in [0.3, 0.4) is 0 Å². The lowest BCUT2D eigenvalue weighted by Gasteiger charge is -2.00. The summed E-state index contributed by atoms with van der Waals surface area (Å²) in [6, 6.07) is 6.21. The van der Waals surface area contributed by atoms with Gasteiger partial charge in [-0.1, -0.05) is 6.07 Å². The van der Waals surface area contributed by atoms with E-state index >= 15 is 0 Å². The van der Waals surface area contributed by atoms with Crippen molar-refractivity contribution in [2.45, 2.75) is 10.1 Å². The summed E-state index contributed by atoms with van der Waals surface area (Å²) in [4.78, 5) is 8.88. The van der Waals surface area contributed by atoms with Crippen molar-refractivity contribution < 1.29 is 0 Å². The number of imidazole rings is 1. The molecule has 0 saturated carbocycles. The number of hydrogen-bond donors (Lipinski definition) is 1. The molecule has 54 valence electrons. The third kappa shape index (κ3) is 0.736. The average Bonchev–Trinajstić information content (AvgIpc) is 2.42. The van der Waals surface area contributed by atoms with E-state index in [-0.39, 0.29) is 0 Å². The van der Waals surface area contributed by atoms with Gasteiger partial charge >= 0.3 is 0 Å². The second-order valence-electron chi connectivity index (χ2n) is 2.36. The zero-order valence-corrected chi connectivity index (χ0v) is 7.13. The molecule has 0 amide bonds. The van der Waals surface area contributed by atoms with E-state index in [0.29, 0.717) is 0 Å². The molecule has 11 heavy (non-hydrogen) atoms. The minimum absolute atomic E-state index is 1.02. The highest BCUT2D eigenvalue weighted by Crippen LogP contribution is 2.43. The van der Waals surface area contributed by atoms with Gasteiger partial charge in [0.15, 0.2) is 5.16 Å². The third-order valence-corrected chi connectivity index (χ3v) is 3.87. The maximum absolute atomic E-state index is 4.39. The van der Waals surface area contributed by atoms with E-state index in [0.717, 1.165) is 16.2 Å². The molecule has 0 radical (unpaired) electrons. The summed E-state index contributed by atoms with van der Waals surface area (Å²) >= 11 is 0. The molecule has 1 aromatic carbocycles. The summed E-state index contributed by atoms with van der Waals surface area (Å²) in [6.07, 6.45) is 0.